The SMILES string of the molecule is COc1ncc(C(=O)N2CC[C@@H](NC(=O)c3ccccc3Cl)[C@@H](c3ccccc3)C2)cc1Cl. The maximum Gasteiger partial charge on any atom is 0.255 e. The van der Waals surface area contributed by atoms with E-state index in [0.29, 0.717) is 35.7 Å². The van der Waals surface area contributed by atoms with E-state index in [0.717, 1.165) is 5.56 Å². The van der Waals surface area contributed by atoms with Gasteiger partial charge in [-0.1, -0.05) is 65.7 Å². The van der Waals surface area contributed by atoms with Crippen LogP contribution in [0.5, 0.6) is 5.88 Å². The standard InChI is InChI=1S/C25H23Cl2N3O3/c1-33-24-21(27)13-17(14-28-24)25(32)30-12-11-22(19(15-30)16-7-3-2-4-8-16)29-23(31)18-9-5-6-10-20(18)26/h2-10,13-14,19,22H,11-12,15H2,1H3,(H,29,31)/t19-,22-/m1/s1. The van der Waals surface area contributed by atoms with E-state index in [9.17, 15) is 9.59 Å². The summed E-state index contributed by atoms with van der Waals surface area (Å²) < 4.78 is 5.08. The van der Waals surface area contributed by atoms with Crippen molar-refractivity contribution in [2.45, 2.75) is 18.4 Å². The Labute approximate surface area is 202 Å². The molecule has 1 fully saturated rings. The second kappa shape index (κ2) is 10.2. The van der Waals surface area contributed by atoms with E-state index in [4.69, 9.17) is 27.9 Å². The summed E-state index contributed by atoms with van der Waals surface area (Å²) in [5.74, 6) is -0.199. The molecule has 0 saturated carbocycles. The van der Waals surface area contributed by atoms with Gasteiger partial charge in [0.25, 0.3) is 11.8 Å². The van der Waals surface area contributed by atoms with Gasteiger partial charge in [-0.15, -0.1) is 0 Å². The Morgan fingerprint density at radius 1 is 1.06 bits per heavy atom. The first kappa shape index (κ1) is 23.1. The summed E-state index contributed by atoms with van der Waals surface area (Å²) in [6.07, 6.45) is 2.06. The van der Waals surface area contributed by atoms with Crippen molar-refractivity contribution in [1.82, 2.24) is 15.2 Å². The number of hydrogen-bond acceptors (Lipinski definition) is 4. The molecule has 2 heterocycles. The Hall–Kier alpha value is -3.09. The van der Waals surface area contributed by atoms with Crippen LogP contribution < -0.4 is 10.1 Å². The molecule has 1 aromatic heterocycles. The molecule has 4 rings (SSSR count). The van der Waals surface area contributed by atoms with Crippen LogP contribution in [0.1, 0.15) is 38.6 Å². The summed E-state index contributed by atoms with van der Waals surface area (Å²) >= 11 is 12.4. The largest absolute Gasteiger partial charge is 0.480 e. The van der Waals surface area contributed by atoms with Crippen molar-refractivity contribution >= 4 is 35.0 Å². The highest BCUT2D eigenvalue weighted by atomic mass is 35.5. The van der Waals surface area contributed by atoms with Crippen LogP contribution in [0.2, 0.25) is 10.0 Å². The fourth-order valence-corrected chi connectivity index (χ4v) is 4.58. The molecular weight excluding hydrogens is 461 g/mol. The Bertz CT molecular complexity index is 1160. The molecule has 1 saturated heterocycles. The predicted octanol–water partition coefficient (Wildman–Crippen LogP) is 4.83. The lowest BCUT2D eigenvalue weighted by Gasteiger charge is -2.39. The molecule has 6 nitrogen and oxygen atoms in total. The van der Waals surface area contributed by atoms with Gasteiger partial charge in [0.05, 0.1) is 23.3 Å². The number of nitrogens with zero attached hydrogens (tertiary/aromatic N) is 2. The number of nitrogens with one attached hydrogen (secondary N) is 1. The van der Waals surface area contributed by atoms with Crippen LogP contribution in [0.4, 0.5) is 0 Å². The highest BCUT2D eigenvalue weighted by molar-refractivity contribution is 6.33. The number of carbonyl (C=O) groups excluding carboxylic acids is 2. The molecule has 170 valence electrons. The van der Waals surface area contributed by atoms with E-state index in [-0.39, 0.29) is 34.7 Å². The molecule has 0 bridgehead atoms. The van der Waals surface area contributed by atoms with E-state index in [1.807, 2.05) is 30.3 Å². The van der Waals surface area contributed by atoms with Crippen molar-refractivity contribution in [2.75, 3.05) is 20.2 Å². The van der Waals surface area contributed by atoms with Crippen LogP contribution in [0.15, 0.2) is 66.9 Å². The summed E-state index contributed by atoms with van der Waals surface area (Å²) in [7, 11) is 1.47. The van der Waals surface area contributed by atoms with E-state index < -0.39 is 0 Å². The zero-order chi connectivity index (χ0) is 23.4. The van der Waals surface area contributed by atoms with Crippen molar-refractivity contribution in [1.29, 1.82) is 0 Å². The average molecular weight is 484 g/mol. The number of ether oxygens (including phenoxy) is 1. The number of halogens is 2. The molecule has 2 atom stereocenters. The van der Waals surface area contributed by atoms with Gasteiger partial charge in [-0.3, -0.25) is 9.59 Å². The molecule has 0 spiro atoms. The van der Waals surface area contributed by atoms with Gasteiger partial charge in [0.1, 0.15) is 5.02 Å². The summed E-state index contributed by atoms with van der Waals surface area (Å²) in [5, 5.41) is 3.82. The number of piperidine rings is 1. The molecular formula is C25H23Cl2N3O3. The minimum absolute atomic E-state index is 0.0861. The second-order valence-corrected chi connectivity index (χ2v) is 8.65. The van der Waals surface area contributed by atoms with Crippen LogP contribution in [-0.4, -0.2) is 47.9 Å². The minimum atomic E-state index is -0.225. The third-order valence-corrected chi connectivity index (χ3v) is 6.41. The van der Waals surface area contributed by atoms with Gasteiger partial charge in [-0.2, -0.15) is 0 Å². The van der Waals surface area contributed by atoms with Crippen molar-refractivity contribution in [3.8, 4) is 5.88 Å². The molecule has 1 aliphatic rings. The third kappa shape index (κ3) is 5.13. The number of benzene rings is 2. The quantitative estimate of drug-likeness (QED) is 0.564. The van der Waals surface area contributed by atoms with Crippen LogP contribution in [-0.2, 0) is 0 Å². The molecule has 1 aliphatic heterocycles. The average Bonchev–Trinajstić information content (AvgIpc) is 2.84. The first-order chi connectivity index (χ1) is 16.0. The van der Waals surface area contributed by atoms with Crippen molar-refractivity contribution in [3.63, 3.8) is 0 Å². The predicted molar refractivity (Wildman–Crippen MR) is 128 cm³/mol. The molecule has 0 radical (unpaired) electrons. The summed E-state index contributed by atoms with van der Waals surface area (Å²) in [4.78, 5) is 32.0. The second-order valence-electron chi connectivity index (χ2n) is 7.83. The van der Waals surface area contributed by atoms with Crippen molar-refractivity contribution in [3.05, 3.63) is 93.6 Å². The Kier molecular flexibility index (Phi) is 7.16. The number of rotatable bonds is 5. The zero-order valence-corrected chi connectivity index (χ0v) is 19.5. The molecule has 0 aliphatic carbocycles. The normalized spacial score (nSPS) is 18.0. The smallest absolute Gasteiger partial charge is 0.255 e. The van der Waals surface area contributed by atoms with Crippen LogP contribution in [0.3, 0.4) is 0 Å². The lowest BCUT2D eigenvalue weighted by Crippen LogP contribution is -2.51. The van der Waals surface area contributed by atoms with Gasteiger partial charge in [-0.05, 0) is 30.2 Å². The number of amides is 2. The zero-order valence-electron chi connectivity index (χ0n) is 18.0. The summed E-state index contributed by atoms with van der Waals surface area (Å²) in [6.45, 7) is 0.930. The molecule has 3 aromatic rings. The number of hydrogen-bond donors (Lipinski definition) is 1. The topological polar surface area (TPSA) is 71.5 Å². The van der Waals surface area contributed by atoms with Gasteiger partial charge in [0.15, 0.2) is 0 Å². The molecule has 8 heteroatoms. The third-order valence-electron chi connectivity index (χ3n) is 5.81. The summed E-state index contributed by atoms with van der Waals surface area (Å²) in [6, 6.07) is 18.3. The maximum absolute atomic E-state index is 13.2. The molecule has 2 amide bonds. The first-order valence-corrected chi connectivity index (χ1v) is 11.3. The number of methoxy groups -OCH3 is 1. The van der Waals surface area contributed by atoms with Crippen LogP contribution >= 0.6 is 23.2 Å². The fourth-order valence-electron chi connectivity index (χ4n) is 4.11. The number of likely N-dealkylation sites (tertiary alicyclic amines) is 1. The van der Waals surface area contributed by atoms with E-state index in [2.05, 4.69) is 10.3 Å². The van der Waals surface area contributed by atoms with E-state index >= 15 is 0 Å². The Morgan fingerprint density at radius 2 is 1.79 bits per heavy atom. The first-order valence-electron chi connectivity index (χ1n) is 10.6. The molecule has 0 unspecified atom stereocenters. The lowest BCUT2D eigenvalue weighted by molar-refractivity contribution is 0.0671. The van der Waals surface area contributed by atoms with Crippen LogP contribution in [0.25, 0.3) is 0 Å². The Morgan fingerprint density at radius 3 is 2.48 bits per heavy atom. The number of pyridine rings is 1. The van der Waals surface area contributed by atoms with Crippen molar-refractivity contribution in [2.24, 2.45) is 0 Å². The molecule has 1 N–H and O–H groups in total. The van der Waals surface area contributed by atoms with Gasteiger partial charge in [0, 0.05) is 31.2 Å². The highest BCUT2D eigenvalue weighted by Crippen LogP contribution is 2.30. The van der Waals surface area contributed by atoms with Gasteiger partial charge >= 0.3 is 0 Å². The molecule has 33 heavy (non-hydrogen) atoms. The monoisotopic (exact) mass is 483 g/mol. The Balaban J connectivity index is 1.56. The van der Waals surface area contributed by atoms with Gasteiger partial charge in [-0.25, -0.2) is 4.98 Å². The minimum Gasteiger partial charge on any atom is -0.480 e. The van der Waals surface area contributed by atoms with Gasteiger partial charge in [0.2, 0.25) is 5.88 Å². The maximum atomic E-state index is 13.2. The lowest BCUT2D eigenvalue weighted by atomic mass is 9.85. The van der Waals surface area contributed by atoms with E-state index in [1.54, 1.807) is 35.2 Å². The number of carbonyl (C=O) groups is 2. The van der Waals surface area contributed by atoms with Gasteiger partial charge < -0.3 is 15.0 Å². The molecule has 2 aromatic carbocycles. The van der Waals surface area contributed by atoms with Crippen molar-refractivity contribution < 1.29 is 14.3 Å². The fraction of sp³-hybridized carbons (Fsp3) is 0.240. The van der Waals surface area contributed by atoms with E-state index in [1.165, 1.54) is 13.3 Å². The number of aromatic nitrogens is 1. The van der Waals surface area contributed by atoms with Crippen LogP contribution in [0, 0.1) is 0 Å². The summed E-state index contributed by atoms with van der Waals surface area (Å²) in [5.41, 5.74) is 1.87. The highest BCUT2D eigenvalue weighted by Gasteiger charge is 2.34.